The lowest BCUT2D eigenvalue weighted by molar-refractivity contribution is -0.207. The molecule has 13 fully saturated rings. The maximum Gasteiger partial charge on any atom is 0.236 e. The average Bonchev–Trinajstić information content (AvgIpc) is 0.744. The fraction of sp³-hybridized carbons (Fsp3) is 0.961. The van der Waals surface area contributed by atoms with E-state index >= 15 is 0 Å². The first-order valence-electron chi connectivity index (χ1n) is 51.0. The first-order valence-corrected chi connectivity index (χ1v) is 54.7. The number of nitrogens with zero attached hydrogens (tertiary/aromatic N) is 15. The van der Waals surface area contributed by atoms with Gasteiger partial charge in [-0.15, -0.1) is 0 Å². The minimum absolute atomic E-state index is 0.0919. The molecule has 6 N–H and O–H groups in total. The summed E-state index contributed by atoms with van der Waals surface area (Å²) in [5.41, 5.74) is 14.1. The third-order valence-electron chi connectivity index (χ3n) is 27.8. The van der Waals surface area contributed by atoms with Crippen molar-refractivity contribution < 1.29 is 45.5 Å². The zero-order chi connectivity index (χ0) is 103. The molecule has 0 bridgehead atoms. The van der Waals surface area contributed by atoms with Crippen LogP contribution >= 0.6 is 0 Å². The Labute approximate surface area is 818 Å². The van der Waals surface area contributed by atoms with Gasteiger partial charge in [0.05, 0.1) is 63.2 Å². The number of carbonyl (C=O) groups is 4. The molecule has 1 spiro atoms. The lowest BCUT2D eigenvalue weighted by Gasteiger charge is -2.59. The van der Waals surface area contributed by atoms with E-state index in [9.17, 15) is 36.0 Å². The largest absolute Gasteiger partial charge is 0.380 e. The van der Waals surface area contributed by atoms with Gasteiger partial charge in [0.15, 0.2) is 9.84 Å². The predicted octanol–water partition coefficient (Wildman–Crippen LogP) is 10.6. The van der Waals surface area contributed by atoms with Gasteiger partial charge in [0.1, 0.15) is 0 Å². The van der Waals surface area contributed by atoms with Gasteiger partial charge in [-0.3, -0.25) is 78.0 Å². The normalized spacial score (nSPS) is 23.3. The number of carbonyl (C=O) groups excluding carboxylic acids is 4. The molecule has 0 atom stereocenters. The highest BCUT2D eigenvalue weighted by Crippen LogP contribution is 2.41. The van der Waals surface area contributed by atoms with Gasteiger partial charge >= 0.3 is 0 Å². The van der Waals surface area contributed by atoms with Crippen LogP contribution in [-0.2, 0) is 48.5 Å². The Morgan fingerprint density at radius 2 is 0.669 bits per heavy atom. The number of nitrogens with one attached hydrogen (secondary N) is 2. The SMILES string of the molecule is CC(C)(C)N1CC(C(N)=O)C1.CC(C)(C)N1CC2(COC2)C1.CC(C)(C)N1CCC(C(N)=O)CC1.CC(C)(C)N1CCC1.CC(C)(C)N1CCCCC1.CC(C)(C)N1CCN(S(C)(=O)=O)CC1.CC(C)(C)N1CCNC(=O)C1.CC(C)(C)N1CCNCC1.CC(C)(C)N1CCOCC1.CC(C)(C)N1CCS(=O)(=O)CC1.CN1CCN(C(C)(C)C)CC1.CN1CCN(C(C)(C)C)CC1=O. The minimum Gasteiger partial charge on any atom is -0.380 e. The van der Waals surface area contributed by atoms with Crippen molar-refractivity contribution in [3.8, 4) is 0 Å². The summed E-state index contributed by atoms with van der Waals surface area (Å²) in [5, 5.41) is 6.15. The summed E-state index contributed by atoms with van der Waals surface area (Å²) in [6.45, 7) is 116. The highest BCUT2D eigenvalue weighted by Gasteiger charge is 2.52. The molecule has 13 saturated heterocycles. The quantitative estimate of drug-likeness (QED) is 0.204. The van der Waals surface area contributed by atoms with Crippen molar-refractivity contribution in [3.05, 3.63) is 0 Å². The Kier molecular flexibility index (Phi) is 51.2. The Morgan fingerprint density at radius 3 is 0.962 bits per heavy atom. The maximum atomic E-state index is 11.3. The van der Waals surface area contributed by atoms with Crippen molar-refractivity contribution in [2.45, 2.75) is 354 Å². The highest BCUT2D eigenvalue weighted by molar-refractivity contribution is 7.91. The number of primary amides is 2. The number of hydrogen-bond donors (Lipinski definition) is 4. The van der Waals surface area contributed by atoms with Crippen molar-refractivity contribution in [2.75, 3.05) is 268 Å². The van der Waals surface area contributed by atoms with Crippen LogP contribution in [-0.4, -0.2) is 448 Å². The molecule has 31 heteroatoms. The van der Waals surface area contributed by atoms with Gasteiger partial charge in [0.2, 0.25) is 33.7 Å². The topological polar surface area (TPSA) is 280 Å². The van der Waals surface area contributed by atoms with Crippen LogP contribution in [0.25, 0.3) is 0 Å². The van der Waals surface area contributed by atoms with E-state index in [0.29, 0.717) is 89.4 Å². The molecule has 13 rings (SSSR count). The standard InChI is InChI=1S/C10H20N2O.C9H20N2O2S.C9H18N2O.C9H20N2.C9H17NO.C9H19N.2C8H16N2O.C8H18N2.C8H17NO2S.C8H17NO.C7H15N/c1-10(2,3)12-6-4-8(5-7-12)9(11)13;1-9(2,3)10-5-7-11(8-6-10)14(4,12)13;1-9(2,3)11-6-5-10(4)8(12)7-11;1-9(2,3)11-7-5-10(4)6-8-11;1-8(2,3)10-4-9(5-10)6-11-7-9;1-9(2,3)10-7-5-4-6-8-10;1-8(2,3)10-4-6(5-10)7(9)11;1-8(2,3)10-5-4-9-7(11)6-10;1-8(2,3)10-6-4-9-5-7-10;1-8(2,3)9-4-6-12(10,11)7-5-9;1-8(2,3)9-4-6-10-7-5-9;1-7(2,3)8-5-4-6-8/h8H,4-7H2,1-3H3,(H2,11,13);5-8H2,1-4H3;5-7H2,1-4H3;5-8H2,1-4H3;4-7H2,1-3H3;4-8H2,1-3H3;6H,4-5H2,1-3H3,(H2,9,11);4-6H2,1-3H3,(H,9,11);9H,4-7H2,1-3H3;4-7H2,1-3H3;4-7H2,1-3H3;4-6H2,1-3H3. The molecule has 0 saturated carbocycles. The number of rotatable bonds is 3. The zero-order valence-electron chi connectivity index (χ0n) is 93.5. The van der Waals surface area contributed by atoms with E-state index in [-0.39, 0.29) is 68.7 Å². The van der Waals surface area contributed by atoms with Crippen LogP contribution < -0.4 is 22.1 Å². The van der Waals surface area contributed by atoms with E-state index in [2.05, 4.69) is 331 Å². The Bertz CT molecular complexity index is 3440. The van der Waals surface area contributed by atoms with E-state index in [1.165, 1.54) is 110 Å². The summed E-state index contributed by atoms with van der Waals surface area (Å²) >= 11 is 0. The van der Waals surface area contributed by atoms with Gasteiger partial charge < -0.3 is 41.4 Å². The highest BCUT2D eigenvalue weighted by atomic mass is 32.2. The second kappa shape index (κ2) is 54.0. The predicted molar refractivity (Wildman–Crippen MR) is 559 cm³/mol. The summed E-state index contributed by atoms with van der Waals surface area (Å²) in [4.78, 5) is 76.8. The molecular weight excluding hydrogens is 1720 g/mol. The van der Waals surface area contributed by atoms with E-state index in [0.717, 1.165) is 131 Å². The van der Waals surface area contributed by atoms with Gasteiger partial charge in [0, 0.05) is 242 Å². The fourth-order valence-corrected chi connectivity index (χ4v) is 19.1. The van der Waals surface area contributed by atoms with Crippen LogP contribution in [0.3, 0.4) is 0 Å². The first kappa shape index (κ1) is 126. The van der Waals surface area contributed by atoms with Crippen LogP contribution in [0.15, 0.2) is 0 Å². The molecule has 0 radical (unpaired) electrons. The number of piperidine rings is 2. The maximum absolute atomic E-state index is 11.3. The number of likely N-dealkylation sites (tertiary alicyclic amines) is 5. The number of sulfone groups is 1. The molecule has 13 heterocycles. The number of sulfonamides is 1. The summed E-state index contributed by atoms with van der Waals surface area (Å²) < 4.78 is 56.7. The molecule has 13 aliphatic heterocycles. The average molecular weight is 1930 g/mol. The minimum atomic E-state index is -2.99. The van der Waals surface area contributed by atoms with Crippen LogP contribution in [0.1, 0.15) is 288 Å². The van der Waals surface area contributed by atoms with Crippen molar-refractivity contribution in [1.29, 1.82) is 0 Å². The lowest BCUT2D eigenvalue weighted by atomic mass is 9.75. The van der Waals surface area contributed by atoms with Gasteiger partial charge in [-0.2, -0.15) is 4.31 Å². The van der Waals surface area contributed by atoms with Crippen LogP contribution in [0, 0.1) is 17.3 Å². The second-order valence-electron chi connectivity index (χ2n) is 51.4. The molecule has 0 unspecified atom stereocenters. The monoisotopic (exact) mass is 1930 g/mol. The number of hydrogen-bond acceptors (Lipinski definition) is 24. The molecule has 0 aromatic carbocycles. The van der Waals surface area contributed by atoms with E-state index in [4.69, 9.17) is 20.9 Å². The summed E-state index contributed by atoms with van der Waals surface area (Å²) in [7, 11) is -1.65. The number of morpholine rings is 1. The van der Waals surface area contributed by atoms with Crippen molar-refractivity contribution in [3.63, 3.8) is 0 Å². The molecule has 133 heavy (non-hydrogen) atoms. The first-order chi connectivity index (χ1) is 60.2. The number of likely N-dealkylation sites (N-methyl/N-ethyl adjacent to an activating group) is 2. The summed E-state index contributed by atoms with van der Waals surface area (Å²) in [6.07, 6.45) is 8.76. The van der Waals surface area contributed by atoms with Gasteiger partial charge in [-0.25, -0.2) is 16.8 Å². The Morgan fingerprint density at radius 1 is 0.353 bits per heavy atom. The number of amides is 4. The number of nitrogens with two attached hydrogens (primary N) is 2. The molecule has 13 aliphatic rings. The van der Waals surface area contributed by atoms with Crippen LogP contribution in [0.5, 0.6) is 0 Å². The molecule has 4 amide bonds. The lowest BCUT2D eigenvalue weighted by Crippen LogP contribution is -2.69. The molecule has 788 valence electrons. The summed E-state index contributed by atoms with van der Waals surface area (Å²) in [5.74, 6) is 0.934. The van der Waals surface area contributed by atoms with Crippen molar-refractivity contribution in [1.82, 2.24) is 83.5 Å². The molecule has 0 aromatic rings. The van der Waals surface area contributed by atoms with Crippen LogP contribution in [0.2, 0.25) is 0 Å². The molecular formula is C102H213N19O10S2. The zero-order valence-corrected chi connectivity index (χ0v) is 95.2. The second-order valence-corrected chi connectivity index (χ2v) is 55.7. The number of ether oxygens (including phenoxy) is 2. The van der Waals surface area contributed by atoms with E-state index in [1.54, 1.807) is 9.21 Å². The van der Waals surface area contributed by atoms with Gasteiger partial charge in [-0.1, -0.05) is 6.42 Å². The van der Waals surface area contributed by atoms with Crippen LogP contribution in [0.4, 0.5) is 0 Å². The number of piperazine rings is 5. The van der Waals surface area contributed by atoms with Gasteiger partial charge in [0.25, 0.3) is 0 Å². The summed E-state index contributed by atoms with van der Waals surface area (Å²) in [6, 6.07) is 0. The smallest absolute Gasteiger partial charge is 0.236 e. The van der Waals surface area contributed by atoms with Crippen molar-refractivity contribution in [2.24, 2.45) is 28.7 Å². The fourth-order valence-electron chi connectivity index (χ4n) is 17.1. The van der Waals surface area contributed by atoms with Crippen molar-refractivity contribution >= 4 is 43.5 Å². The van der Waals surface area contributed by atoms with E-state index < -0.39 is 19.9 Å². The third-order valence-corrected chi connectivity index (χ3v) is 30.7. The van der Waals surface area contributed by atoms with Gasteiger partial charge in [-0.05, 0) is 328 Å². The Hall–Kier alpha value is -2.90. The molecule has 0 aliphatic carbocycles. The third kappa shape index (κ3) is 50.1. The molecule has 29 nitrogen and oxygen atoms in total. The Balaban J connectivity index is 0.000000492. The molecule has 0 aromatic heterocycles. The van der Waals surface area contributed by atoms with E-state index in [1.807, 2.05) is 7.05 Å².